The molecule has 0 bridgehead atoms. The number of carboxylic acid groups (broad SMARTS) is 1. The fourth-order valence-corrected chi connectivity index (χ4v) is 1.96. The minimum Gasteiger partial charge on any atom is -0.481 e. The van der Waals surface area contributed by atoms with Crippen molar-refractivity contribution in [3.8, 4) is 0 Å². The van der Waals surface area contributed by atoms with E-state index >= 15 is 0 Å². The molecule has 0 spiro atoms. The number of hydrogen-bond donors (Lipinski definition) is 2. The SMILES string of the molecule is CCC(CO)N(CCC(=O)O)C(=O)/C=C/c1ccccc1. The van der Waals surface area contributed by atoms with Gasteiger partial charge in [-0.05, 0) is 18.1 Å². The Kier molecular flexibility index (Phi) is 7.18. The van der Waals surface area contributed by atoms with E-state index in [1.54, 1.807) is 6.08 Å². The van der Waals surface area contributed by atoms with E-state index in [9.17, 15) is 14.7 Å². The predicted octanol–water partition coefficient (Wildman–Crippen LogP) is 1.77. The largest absolute Gasteiger partial charge is 0.481 e. The van der Waals surface area contributed by atoms with Crippen molar-refractivity contribution in [2.24, 2.45) is 0 Å². The average molecular weight is 291 g/mol. The number of rotatable bonds is 8. The highest BCUT2D eigenvalue weighted by atomic mass is 16.4. The number of hydrogen-bond acceptors (Lipinski definition) is 3. The van der Waals surface area contributed by atoms with Crippen molar-refractivity contribution >= 4 is 18.0 Å². The van der Waals surface area contributed by atoms with Crippen LogP contribution in [0.1, 0.15) is 25.3 Å². The Morgan fingerprint density at radius 2 is 1.95 bits per heavy atom. The Labute approximate surface area is 124 Å². The fourth-order valence-electron chi connectivity index (χ4n) is 1.96. The quantitative estimate of drug-likeness (QED) is 0.716. The van der Waals surface area contributed by atoms with E-state index in [4.69, 9.17) is 5.11 Å². The molecule has 0 fully saturated rings. The number of carbonyl (C=O) groups excluding carboxylic acids is 1. The summed E-state index contributed by atoms with van der Waals surface area (Å²) in [5, 5.41) is 18.1. The second-order valence-corrected chi connectivity index (χ2v) is 4.66. The highest BCUT2D eigenvalue weighted by molar-refractivity contribution is 5.92. The van der Waals surface area contributed by atoms with Gasteiger partial charge in [0.2, 0.25) is 5.91 Å². The second-order valence-electron chi connectivity index (χ2n) is 4.66. The summed E-state index contributed by atoms with van der Waals surface area (Å²) >= 11 is 0. The highest BCUT2D eigenvalue weighted by Gasteiger charge is 2.20. The molecule has 1 atom stereocenters. The van der Waals surface area contributed by atoms with Gasteiger partial charge in [0.05, 0.1) is 19.1 Å². The van der Waals surface area contributed by atoms with Crippen LogP contribution in [-0.4, -0.2) is 46.2 Å². The summed E-state index contributed by atoms with van der Waals surface area (Å²) in [6.45, 7) is 1.76. The lowest BCUT2D eigenvalue weighted by Crippen LogP contribution is -2.42. The predicted molar refractivity (Wildman–Crippen MR) is 80.6 cm³/mol. The van der Waals surface area contributed by atoms with Crippen LogP contribution in [0.3, 0.4) is 0 Å². The van der Waals surface area contributed by atoms with E-state index in [-0.39, 0.29) is 31.5 Å². The zero-order chi connectivity index (χ0) is 15.7. The molecule has 5 nitrogen and oxygen atoms in total. The van der Waals surface area contributed by atoms with Crippen molar-refractivity contribution in [3.05, 3.63) is 42.0 Å². The summed E-state index contributed by atoms with van der Waals surface area (Å²) in [4.78, 5) is 24.3. The van der Waals surface area contributed by atoms with Crippen LogP contribution >= 0.6 is 0 Å². The topological polar surface area (TPSA) is 77.8 Å². The van der Waals surface area contributed by atoms with Crippen molar-refractivity contribution in [1.29, 1.82) is 0 Å². The Balaban J connectivity index is 2.78. The van der Waals surface area contributed by atoms with Crippen LogP contribution in [0.15, 0.2) is 36.4 Å². The molecule has 0 saturated heterocycles. The Morgan fingerprint density at radius 3 is 2.48 bits per heavy atom. The lowest BCUT2D eigenvalue weighted by atomic mass is 10.1. The maximum atomic E-state index is 12.2. The standard InChI is InChI=1S/C16H21NO4/c1-2-14(12-18)17(11-10-16(20)21)15(19)9-8-13-6-4-3-5-7-13/h3-9,14,18H,2,10-12H2,1H3,(H,20,21)/b9-8+. The van der Waals surface area contributed by atoms with Gasteiger partial charge in [-0.1, -0.05) is 37.3 Å². The number of carbonyl (C=O) groups is 2. The van der Waals surface area contributed by atoms with Crippen LogP contribution < -0.4 is 0 Å². The zero-order valence-corrected chi connectivity index (χ0v) is 12.1. The normalized spacial score (nSPS) is 12.3. The van der Waals surface area contributed by atoms with Gasteiger partial charge in [0.15, 0.2) is 0 Å². The minimum atomic E-state index is -0.965. The Morgan fingerprint density at radius 1 is 1.29 bits per heavy atom. The molecule has 1 amide bonds. The van der Waals surface area contributed by atoms with Crippen LogP contribution in [0.2, 0.25) is 0 Å². The van der Waals surface area contributed by atoms with Gasteiger partial charge in [-0.25, -0.2) is 0 Å². The van der Waals surface area contributed by atoms with Crippen LogP contribution in [0.5, 0.6) is 0 Å². The lowest BCUT2D eigenvalue weighted by Gasteiger charge is -2.28. The van der Waals surface area contributed by atoms with Crippen LogP contribution in [-0.2, 0) is 9.59 Å². The van der Waals surface area contributed by atoms with E-state index in [2.05, 4.69) is 0 Å². The first kappa shape index (κ1) is 16.9. The maximum absolute atomic E-state index is 12.2. The minimum absolute atomic E-state index is 0.0896. The molecule has 114 valence electrons. The molecule has 0 aromatic heterocycles. The first-order valence-electron chi connectivity index (χ1n) is 6.94. The number of aliphatic hydroxyl groups excluding tert-OH is 1. The number of nitrogens with zero attached hydrogens (tertiary/aromatic N) is 1. The molecule has 5 heteroatoms. The molecule has 1 aromatic rings. The molecule has 21 heavy (non-hydrogen) atoms. The van der Waals surface area contributed by atoms with Gasteiger partial charge < -0.3 is 15.1 Å². The fraction of sp³-hybridized carbons (Fsp3) is 0.375. The summed E-state index contributed by atoms with van der Waals surface area (Å²) in [5.41, 5.74) is 0.890. The molecule has 2 N–H and O–H groups in total. The summed E-state index contributed by atoms with van der Waals surface area (Å²) in [6.07, 6.45) is 3.53. The molecular formula is C16H21NO4. The Bertz CT molecular complexity index is 480. The third kappa shape index (κ3) is 5.79. The maximum Gasteiger partial charge on any atom is 0.305 e. The van der Waals surface area contributed by atoms with Crippen LogP contribution in [0, 0.1) is 0 Å². The summed E-state index contributed by atoms with van der Waals surface area (Å²) in [6, 6.07) is 9.00. The van der Waals surface area contributed by atoms with Gasteiger partial charge in [0.25, 0.3) is 0 Å². The monoisotopic (exact) mass is 291 g/mol. The molecule has 0 radical (unpaired) electrons. The first-order chi connectivity index (χ1) is 10.1. The summed E-state index contributed by atoms with van der Waals surface area (Å²) in [7, 11) is 0. The molecule has 0 aliphatic heterocycles. The number of aliphatic carboxylic acids is 1. The van der Waals surface area contributed by atoms with Gasteiger partial charge in [-0.3, -0.25) is 9.59 Å². The molecule has 1 unspecified atom stereocenters. The van der Waals surface area contributed by atoms with Crippen LogP contribution in [0.4, 0.5) is 0 Å². The number of amides is 1. The number of carboxylic acids is 1. The molecular weight excluding hydrogens is 270 g/mol. The van der Waals surface area contributed by atoms with E-state index in [0.717, 1.165) is 5.56 Å². The molecule has 0 saturated carbocycles. The zero-order valence-electron chi connectivity index (χ0n) is 12.1. The summed E-state index contributed by atoms with van der Waals surface area (Å²) < 4.78 is 0. The average Bonchev–Trinajstić information content (AvgIpc) is 2.50. The molecule has 0 aliphatic rings. The molecule has 0 aliphatic carbocycles. The van der Waals surface area contributed by atoms with E-state index in [1.165, 1.54) is 11.0 Å². The van der Waals surface area contributed by atoms with Crippen molar-refractivity contribution in [3.63, 3.8) is 0 Å². The smallest absolute Gasteiger partial charge is 0.305 e. The Hall–Kier alpha value is -2.14. The van der Waals surface area contributed by atoms with E-state index in [1.807, 2.05) is 37.3 Å². The second kappa shape index (κ2) is 8.92. The lowest BCUT2D eigenvalue weighted by molar-refractivity contribution is -0.138. The van der Waals surface area contributed by atoms with E-state index in [0.29, 0.717) is 6.42 Å². The molecule has 1 aromatic carbocycles. The van der Waals surface area contributed by atoms with E-state index < -0.39 is 5.97 Å². The van der Waals surface area contributed by atoms with Crippen molar-refractivity contribution < 1.29 is 19.8 Å². The highest BCUT2D eigenvalue weighted by Crippen LogP contribution is 2.08. The van der Waals surface area contributed by atoms with Gasteiger partial charge >= 0.3 is 5.97 Å². The third-order valence-corrected chi connectivity index (χ3v) is 3.19. The van der Waals surface area contributed by atoms with Gasteiger partial charge in [-0.15, -0.1) is 0 Å². The number of benzene rings is 1. The van der Waals surface area contributed by atoms with Crippen LogP contribution in [0.25, 0.3) is 6.08 Å². The van der Waals surface area contributed by atoms with Gasteiger partial charge in [0, 0.05) is 12.6 Å². The van der Waals surface area contributed by atoms with Gasteiger partial charge in [-0.2, -0.15) is 0 Å². The van der Waals surface area contributed by atoms with Crippen molar-refractivity contribution in [2.45, 2.75) is 25.8 Å². The summed E-state index contributed by atoms with van der Waals surface area (Å²) in [5.74, 6) is -1.26. The van der Waals surface area contributed by atoms with Gasteiger partial charge in [0.1, 0.15) is 0 Å². The first-order valence-corrected chi connectivity index (χ1v) is 6.94. The molecule has 0 heterocycles. The third-order valence-electron chi connectivity index (χ3n) is 3.19. The number of aliphatic hydroxyl groups is 1. The van der Waals surface area contributed by atoms with Crippen molar-refractivity contribution in [2.75, 3.05) is 13.2 Å². The van der Waals surface area contributed by atoms with Crippen molar-refractivity contribution in [1.82, 2.24) is 4.90 Å². The molecule has 1 rings (SSSR count).